The highest BCUT2D eigenvalue weighted by Crippen LogP contribution is 2.12. The van der Waals surface area contributed by atoms with Crippen molar-refractivity contribution in [2.24, 2.45) is 11.7 Å². The van der Waals surface area contributed by atoms with Crippen molar-refractivity contribution in [3.8, 4) is 0 Å². The topological polar surface area (TPSA) is 26.0 Å². The molecule has 0 spiro atoms. The third-order valence-corrected chi connectivity index (χ3v) is 3.21. The van der Waals surface area contributed by atoms with Crippen LogP contribution in [0.4, 0.5) is 0 Å². The molecule has 0 atom stereocenters. The van der Waals surface area contributed by atoms with Crippen LogP contribution in [-0.4, -0.2) is 6.54 Å². The van der Waals surface area contributed by atoms with Crippen LogP contribution in [0.25, 0.3) is 0 Å². The van der Waals surface area contributed by atoms with E-state index in [-0.39, 0.29) is 0 Å². The van der Waals surface area contributed by atoms with E-state index in [4.69, 9.17) is 5.73 Å². The predicted octanol–water partition coefficient (Wildman–Crippen LogP) is 5.06. The van der Waals surface area contributed by atoms with Gasteiger partial charge < -0.3 is 5.73 Å². The van der Waals surface area contributed by atoms with Crippen molar-refractivity contribution in [3.63, 3.8) is 0 Å². The molecule has 0 bridgehead atoms. The zero-order valence-corrected chi connectivity index (χ0v) is 12.1. The molecule has 0 aromatic heterocycles. The van der Waals surface area contributed by atoms with Gasteiger partial charge in [-0.05, 0) is 18.8 Å². The summed E-state index contributed by atoms with van der Waals surface area (Å²) in [5.41, 5.74) is 5.38. The maximum absolute atomic E-state index is 5.38. The van der Waals surface area contributed by atoms with Crippen molar-refractivity contribution in [2.75, 3.05) is 6.54 Å². The van der Waals surface area contributed by atoms with Crippen molar-refractivity contribution >= 4 is 0 Å². The zero-order valence-electron chi connectivity index (χ0n) is 12.1. The van der Waals surface area contributed by atoms with Crippen LogP contribution in [0, 0.1) is 5.92 Å². The largest absolute Gasteiger partial charge is 0.327 e. The van der Waals surface area contributed by atoms with Crippen LogP contribution < -0.4 is 5.73 Å². The molecule has 0 aromatic rings. The molecule has 0 aliphatic carbocycles. The third-order valence-electron chi connectivity index (χ3n) is 3.21. The summed E-state index contributed by atoms with van der Waals surface area (Å²) >= 11 is 0. The molecule has 1 heteroatoms. The van der Waals surface area contributed by atoms with E-state index >= 15 is 0 Å². The Hall–Kier alpha value is -0.300. The third kappa shape index (κ3) is 15.7. The van der Waals surface area contributed by atoms with Gasteiger partial charge in [0.1, 0.15) is 0 Å². The fourth-order valence-electron chi connectivity index (χ4n) is 2.09. The fourth-order valence-corrected chi connectivity index (χ4v) is 2.09. The lowest BCUT2D eigenvalue weighted by Gasteiger charge is -2.04. The smallest absolute Gasteiger partial charge is 0.0106 e. The SMILES string of the molecule is CC(C)CCCCCCCCCCC=CCN. The van der Waals surface area contributed by atoms with Gasteiger partial charge >= 0.3 is 0 Å². The number of unbranched alkanes of at least 4 members (excludes halogenated alkanes) is 8. The minimum absolute atomic E-state index is 0.691. The van der Waals surface area contributed by atoms with Gasteiger partial charge in [-0.1, -0.05) is 77.4 Å². The lowest BCUT2D eigenvalue weighted by molar-refractivity contribution is 0.507. The van der Waals surface area contributed by atoms with E-state index in [1.54, 1.807) is 0 Å². The van der Waals surface area contributed by atoms with Gasteiger partial charge in [0, 0.05) is 6.54 Å². The fraction of sp³-hybridized carbons (Fsp3) is 0.875. The van der Waals surface area contributed by atoms with Crippen LogP contribution in [0.5, 0.6) is 0 Å². The summed E-state index contributed by atoms with van der Waals surface area (Å²) in [6.45, 7) is 5.33. The first-order chi connectivity index (χ1) is 8.27. The molecule has 0 rings (SSSR count). The summed E-state index contributed by atoms with van der Waals surface area (Å²) < 4.78 is 0. The standard InChI is InChI=1S/C16H33N/c1-16(2)14-12-10-8-6-4-3-5-7-9-11-13-15-17/h11,13,16H,3-10,12,14-15,17H2,1-2H3. The Kier molecular flexibility index (Phi) is 13.5. The molecule has 0 unspecified atom stereocenters. The quantitative estimate of drug-likeness (QED) is 0.374. The minimum atomic E-state index is 0.691. The molecule has 2 N–H and O–H groups in total. The Morgan fingerprint density at radius 3 is 1.82 bits per heavy atom. The van der Waals surface area contributed by atoms with E-state index in [1.165, 1.54) is 64.2 Å². The van der Waals surface area contributed by atoms with Crippen molar-refractivity contribution in [1.82, 2.24) is 0 Å². The van der Waals surface area contributed by atoms with Crippen LogP contribution in [0.15, 0.2) is 12.2 Å². The van der Waals surface area contributed by atoms with Gasteiger partial charge in [0.15, 0.2) is 0 Å². The molecule has 0 heterocycles. The molecule has 17 heavy (non-hydrogen) atoms. The van der Waals surface area contributed by atoms with Gasteiger partial charge in [0.05, 0.1) is 0 Å². The zero-order chi connectivity index (χ0) is 12.8. The lowest BCUT2D eigenvalue weighted by Crippen LogP contribution is -1.91. The van der Waals surface area contributed by atoms with Crippen molar-refractivity contribution in [3.05, 3.63) is 12.2 Å². The van der Waals surface area contributed by atoms with Crippen molar-refractivity contribution in [1.29, 1.82) is 0 Å². The first kappa shape index (κ1) is 16.7. The summed E-state index contributed by atoms with van der Waals surface area (Å²) in [4.78, 5) is 0. The van der Waals surface area contributed by atoms with E-state index in [1.807, 2.05) is 0 Å². The van der Waals surface area contributed by atoms with Crippen LogP contribution >= 0.6 is 0 Å². The molecule has 0 saturated carbocycles. The number of nitrogens with two attached hydrogens (primary N) is 1. The van der Waals surface area contributed by atoms with Crippen LogP contribution in [-0.2, 0) is 0 Å². The van der Waals surface area contributed by atoms with E-state index in [9.17, 15) is 0 Å². The van der Waals surface area contributed by atoms with Gasteiger partial charge in [0.2, 0.25) is 0 Å². The first-order valence-corrected chi connectivity index (χ1v) is 7.62. The number of rotatable bonds is 12. The second-order valence-electron chi connectivity index (χ2n) is 5.51. The molecule has 0 aromatic carbocycles. The average molecular weight is 239 g/mol. The Bertz CT molecular complexity index is 161. The van der Waals surface area contributed by atoms with E-state index in [0.717, 1.165) is 5.92 Å². The van der Waals surface area contributed by atoms with Gasteiger partial charge in [-0.3, -0.25) is 0 Å². The Balaban J connectivity index is 2.96. The van der Waals surface area contributed by atoms with Crippen LogP contribution in [0.2, 0.25) is 0 Å². The summed E-state index contributed by atoms with van der Waals surface area (Å²) in [6, 6.07) is 0. The lowest BCUT2D eigenvalue weighted by atomic mass is 10.0. The van der Waals surface area contributed by atoms with E-state index in [2.05, 4.69) is 26.0 Å². The Morgan fingerprint density at radius 2 is 1.29 bits per heavy atom. The summed E-state index contributed by atoms with van der Waals surface area (Å²) in [5.74, 6) is 0.886. The van der Waals surface area contributed by atoms with Crippen molar-refractivity contribution < 1.29 is 0 Å². The Morgan fingerprint density at radius 1 is 0.765 bits per heavy atom. The predicted molar refractivity (Wildman–Crippen MR) is 79.2 cm³/mol. The monoisotopic (exact) mass is 239 g/mol. The molecule has 1 nitrogen and oxygen atoms in total. The number of hydrogen-bond donors (Lipinski definition) is 1. The minimum Gasteiger partial charge on any atom is -0.327 e. The van der Waals surface area contributed by atoms with Gasteiger partial charge in [-0.25, -0.2) is 0 Å². The number of hydrogen-bond acceptors (Lipinski definition) is 1. The number of allylic oxidation sites excluding steroid dienone is 1. The highest BCUT2D eigenvalue weighted by molar-refractivity contribution is 4.81. The molecule has 0 aliphatic rings. The Labute approximate surface area is 109 Å². The highest BCUT2D eigenvalue weighted by Gasteiger charge is 1.94. The molecule has 102 valence electrons. The maximum Gasteiger partial charge on any atom is 0.0106 e. The van der Waals surface area contributed by atoms with Gasteiger partial charge in [-0.2, -0.15) is 0 Å². The average Bonchev–Trinajstić information content (AvgIpc) is 2.30. The first-order valence-electron chi connectivity index (χ1n) is 7.62. The van der Waals surface area contributed by atoms with Gasteiger partial charge in [0.25, 0.3) is 0 Å². The van der Waals surface area contributed by atoms with Gasteiger partial charge in [-0.15, -0.1) is 0 Å². The van der Waals surface area contributed by atoms with E-state index in [0.29, 0.717) is 6.54 Å². The normalized spacial score (nSPS) is 11.8. The molecule has 0 amide bonds. The second-order valence-corrected chi connectivity index (χ2v) is 5.51. The van der Waals surface area contributed by atoms with E-state index < -0.39 is 0 Å². The highest BCUT2D eigenvalue weighted by atomic mass is 14.5. The summed E-state index contributed by atoms with van der Waals surface area (Å²) in [7, 11) is 0. The van der Waals surface area contributed by atoms with Crippen LogP contribution in [0.3, 0.4) is 0 Å². The molecule has 0 saturated heterocycles. The molecular weight excluding hydrogens is 206 g/mol. The molecule has 0 fully saturated rings. The van der Waals surface area contributed by atoms with Crippen molar-refractivity contribution in [2.45, 2.75) is 78.1 Å². The summed E-state index contributed by atoms with van der Waals surface area (Å²) in [5, 5.41) is 0. The molecular formula is C16H33N. The second kappa shape index (κ2) is 13.8. The molecule has 0 radical (unpaired) electrons. The van der Waals surface area contributed by atoms with Crippen LogP contribution in [0.1, 0.15) is 78.1 Å². The maximum atomic E-state index is 5.38. The summed E-state index contributed by atoms with van der Waals surface area (Å²) in [6.07, 6.45) is 18.2. The molecule has 0 aliphatic heterocycles.